The average molecular weight is 623 g/mol. The van der Waals surface area contributed by atoms with Gasteiger partial charge in [-0.05, 0) is 56.0 Å². The van der Waals surface area contributed by atoms with Gasteiger partial charge in [0.25, 0.3) is 17.7 Å². The number of amides is 3. The Balaban J connectivity index is 1.48. The number of nitrogens with zero attached hydrogens (tertiary/aromatic N) is 5. The number of fused-ring (bicyclic) bond motifs is 1. The fourth-order valence-corrected chi connectivity index (χ4v) is 7.03. The van der Waals surface area contributed by atoms with E-state index in [1.54, 1.807) is 23.4 Å². The van der Waals surface area contributed by atoms with E-state index >= 15 is 0 Å². The highest BCUT2D eigenvalue weighted by atomic mass is 32.2. The molecular weight excluding hydrogens is 593 g/mol. The van der Waals surface area contributed by atoms with Crippen LogP contribution in [0.2, 0.25) is 0 Å². The molecule has 1 aromatic heterocycles. The van der Waals surface area contributed by atoms with Crippen LogP contribution >= 0.6 is 11.8 Å². The highest BCUT2D eigenvalue weighted by Gasteiger charge is 2.52. The van der Waals surface area contributed by atoms with Gasteiger partial charge in [-0.1, -0.05) is 24.3 Å². The highest BCUT2D eigenvalue weighted by Crippen LogP contribution is 2.52. The summed E-state index contributed by atoms with van der Waals surface area (Å²) in [6.07, 6.45) is -3.16. The van der Waals surface area contributed by atoms with Crippen molar-refractivity contribution in [2.75, 3.05) is 29.5 Å². The normalized spacial score (nSPS) is 21.9. The number of halogens is 3. The zero-order chi connectivity index (χ0) is 31.2. The highest BCUT2D eigenvalue weighted by molar-refractivity contribution is 7.99. The number of alkyl halides is 3. The molecule has 44 heavy (non-hydrogen) atoms. The van der Waals surface area contributed by atoms with Crippen molar-refractivity contribution in [3.63, 3.8) is 0 Å². The molecular formula is C31H29F3N6O3S. The van der Waals surface area contributed by atoms with Crippen molar-refractivity contribution in [2.24, 2.45) is 5.92 Å². The van der Waals surface area contributed by atoms with E-state index in [1.807, 2.05) is 30.3 Å². The number of anilines is 1. The Morgan fingerprint density at radius 3 is 2.55 bits per heavy atom. The SMILES string of the molecule is CCN1C(=O)[C@@H](NC(=O)c2cccc(C(F)(F)F)c2)[C@@H](C2CC2)c2c(C(=O)N3CCSC[C@@H]3C#N)nn(-c3ccccc3)c21. The number of nitrogens with one attached hydrogen (secondary N) is 1. The molecule has 228 valence electrons. The predicted octanol–water partition coefficient (Wildman–Crippen LogP) is 4.63. The van der Waals surface area contributed by atoms with E-state index in [4.69, 9.17) is 5.10 Å². The van der Waals surface area contributed by atoms with Crippen LogP contribution < -0.4 is 10.2 Å². The molecule has 1 N–H and O–H groups in total. The summed E-state index contributed by atoms with van der Waals surface area (Å²) >= 11 is 1.59. The van der Waals surface area contributed by atoms with E-state index in [-0.39, 0.29) is 23.7 Å². The van der Waals surface area contributed by atoms with Gasteiger partial charge in [0.2, 0.25) is 0 Å². The predicted molar refractivity (Wildman–Crippen MR) is 158 cm³/mol. The lowest BCUT2D eigenvalue weighted by Crippen LogP contribution is -2.56. The van der Waals surface area contributed by atoms with Crippen LogP contribution in [0.3, 0.4) is 0 Å². The fourth-order valence-electron chi connectivity index (χ4n) is 6.06. The van der Waals surface area contributed by atoms with Gasteiger partial charge in [-0.25, -0.2) is 4.68 Å². The molecule has 0 spiro atoms. The van der Waals surface area contributed by atoms with Crippen LogP contribution in [0.4, 0.5) is 19.0 Å². The summed E-state index contributed by atoms with van der Waals surface area (Å²) < 4.78 is 41.8. The average Bonchev–Trinajstić information content (AvgIpc) is 3.80. The number of para-hydroxylation sites is 1. The Labute approximate surface area is 256 Å². The Bertz CT molecular complexity index is 1650. The smallest absolute Gasteiger partial charge is 0.340 e. The zero-order valence-corrected chi connectivity index (χ0v) is 24.6. The number of aromatic nitrogens is 2. The van der Waals surface area contributed by atoms with Gasteiger partial charge in [-0.15, -0.1) is 0 Å². The molecule has 0 unspecified atom stereocenters. The number of rotatable bonds is 6. The molecule has 13 heteroatoms. The van der Waals surface area contributed by atoms with Crippen LogP contribution in [-0.2, 0) is 11.0 Å². The van der Waals surface area contributed by atoms with Crippen molar-refractivity contribution in [2.45, 2.75) is 43.9 Å². The molecule has 3 aliphatic rings. The lowest BCUT2D eigenvalue weighted by Gasteiger charge is -2.39. The number of nitriles is 1. The number of thioether (sulfide) groups is 1. The molecule has 9 nitrogen and oxygen atoms in total. The third kappa shape index (κ3) is 5.32. The van der Waals surface area contributed by atoms with Crippen molar-refractivity contribution in [3.8, 4) is 11.8 Å². The second kappa shape index (κ2) is 11.6. The minimum absolute atomic E-state index is 0.0628. The summed E-state index contributed by atoms with van der Waals surface area (Å²) in [5.41, 5.74) is 0.0420. The molecule has 2 aromatic carbocycles. The standard InChI is InChI=1S/C31H29F3N6O3S/c1-2-38-28-24(26(37-40(28)21-9-4-3-5-10-21)30(43)39-13-14-44-17-22(39)16-35)23(18-11-12-18)25(29(38)42)36-27(41)19-7-6-8-20(15-19)31(32,33)34/h3-10,15,18,22-23,25H,2,11-14,17H2,1H3,(H,36,41)/t22-,23-,25-/m0/s1. The lowest BCUT2D eigenvalue weighted by molar-refractivity contribution is -0.137. The number of carbonyl (C=O) groups is 3. The minimum atomic E-state index is -4.64. The molecule has 2 aliphatic heterocycles. The molecule has 3 amide bonds. The van der Waals surface area contributed by atoms with Crippen molar-refractivity contribution in [3.05, 3.63) is 77.0 Å². The van der Waals surface area contributed by atoms with Crippen molar-refractivity contribution >= 4 is 35.3 Å². The number of benzene rings is 2. The Hall–Kier alpha value is -4.31. The van der Waals surface area contributed by atoms with Crippen LogP contribution in [0.25, 0.3) is 5.69 Å². The quantitative estimate of drug-likeness (QED) is 0.429. The first-order chi connectivity index (χ1) is 21.1. The van der Waals surface area contributed by atoms with Gasteiger partial charge in [-0.3, -0.25) is 19.3 Å². The Morgan fingerprint density at radius 2 is 1.89 bits per heavy atom. The van der Waals surface area contributed by atoms with Gasteiger partial charge < -0.3 is 10.2 Å². The minimum Gasteiger partial charge on any atom is -0.340 e. The van der Waals surface area contributed by atoms with Gasteiger partial charge in [0.15, 0.2) is 5.69 Å². The van der Waals surface area contributed by atoms with E-state index in [2.05, 4.69) is 11.4 Å². The molecule has 3 aromatic rings. The number of hydrogen-bond donors (Lipinski definition) is 1. The largest absolute Gasteiger partial charge is 0.416 e. The lowest BCUT2D eigenvalue weighted by atomic mass is 9.82. The maximum Gasteiger partial charge on any atom is 0.416 e. The molecule has 6 rings (SSSR count). The van der Waals surface area contributed by atoms with Crippen LogP contribution in [0.15, 0.2) is 54.6 Å². The molecule has 1 aliphatic carbocycles. The van der Waals surface area contributed by atoms with Crippen LogP contribution in [0.5, 0.6) is 0 Å². The van der Waals surface area contributed by atoms with Crippen LogP contribution in [0, 0.1) is 17.2 Å². The summed E-state index contributed by atoms with van der Waals surface area (Å²) in [6.45, 7) is 2.31. The van der Waals surface area contributed by atoms with E-state index in [0.717, 1.165) is 31.0 Å². The first-order valence-corrected chi connectivity index (χ1v) is 15.6. The molecule has 0 radical (unpaired) electrons. The molecule has 3 heterocycles. The zero-order valence-electron chi connectivity index (χ0n) is 23.8. The van der Waals surface area contributed by atoms with Gasteiger partial charge in [0.1, 0.15) is 17.9 Å². The maximum atomic E-state index is 14.2. The Kier molecular flexibility index (Phi) is 7.88. The summed E-state index contributed by atoms with van der Waals surface area (Å²) in [6, 6.07) is 13.6. The van der Waals surface area contributed by atoms with Crippen molar-refractivity contribution < 1.29 is 27.6 Å². The van der Waals surface area contributed by atoms with E-state index < -0.39 is 47.5 Å². The third-order valence-corrected chi connectivity index (χ3v) is 9.33. The number of likely N-dealkylation sites (N-methyl/N-ethyl adjacent to an activating group) is 1. The van der Waals surface area contributed by atoms with Crippen molar-refractivity contribution in [1.82, 2.24) is 20.0 Å². The molecule has 1 saturated heterocycles. The Morgan fingerprint density at radius 1 is 1.14 bits per heavy atom. The van der Waals surface area contributed by atoms with Gasteiger partial charge in [-0.2, -0.15) is 35.3 Å². The van der Waals surface area contributed by atoms with Gasteiger partial charge in [0.05, 0.1) is 17.3 Å². The second-order valence-corrected chi connectivity index (χ2v) is 12.2. The monoisotopic (exact) mass is 622 g/mol. The van der Waals surface area contributed by atoms with E-state index in [9.17, 15) is 32.8 Å². The summed E-state index contributed by atoms with van der Waals surface area (Å²) in [5, 5.41) is 17.3. The molecule has 3 atom stereocenters. The summed E-state index contributed by atoms with van der Waals surface area (Å²) in [5.74, 6) is -0.843. The summed E-state index contributed by atoms with van der Waals surface area (Å²) in [4.78, 5) is 44.8. The van der Waals surface area contributed by atoms with Crippen molar-refractivity contribution in [1.29, 1.82) is 5.26 Å². The van der Waals surface area contributed by atoms with E-state index in [0.29, 0.717) is 35.1 Å². The van der Waals surface area contributed by atoms with Crippen LogP contribution in [0.1, 0.15) is 57.7 Å². The van der Waals surface area contributed by atoms with E-state index in [1.165, 1.54) is 15.9 Å². The number of hydrogen-bond acceptors (Lipinski definition) is 6. The third-order valence-electron chi connectivity index (χ3n) is 8.30. The van der Waals surface area contributed by atoms with Crippen LogP contribution in [-0.4, -0.2) is 69.1 Å². The topological polar surface area (TPSA) is 111 Å². The molecule has 2 fully saturated rings. The number of carbonyl (C=O) groups excluding carboxylic acids is 3. The van der Waals surface area contributed by atoms with Gasteiger partial charge in [0, 0.05) is 41.6 Å². The second-order valence-electron chi connectivity index (χ2n) is 11.0. The first kappa shape index (κ1) is 29.7. The molecule has 0 bridgehead atoms. The maximum absolute atomic E-state index is 14.2. The summed E-state index contributed by atoms with van der Waals surface area (Å²) in [7, 11) is 0. The fraction of sp³-hybridized carbons (Fsp3) is 0.387. The van der Waals surface area contributed by atoms with Gasteiger partial charge >= 0.3 is 6.18 Å². The molecule has 1 saturated carbocycles. The first-order valence-electron chi connectivity index (χ1n) is 14.4.